The molecule has 33 heavy (non-hydrogen) atoms. The zero-order chi connectivity index (χ0) is 24.0. The number of benzene rings is 2. The van der Waals surface area contributed by atoms with Crippen molar-refractivity contribution in [2.45, 2.75) is 6.04 Å². The molecule has 176 valence electrons. The zero-order valence-corrected chi connectivity index (χ0v) is 19.2. The number of amides is 2. The van der Waals surface area contributed by atoms with Gasteiger partial charge in [-0.3, -0.25) is 14.5 Å². The highest BCUT2D eigenvalue weighted by atomic mass is 35.5. The number of primary amides is 1. The number of carbonyl (C=O) groups is 3. The summed E-state index contributed by atoms with van der Waals surface area (Å²) in [7, 11) is 2.79. The Morgan fingerprint density at radius 2 is 1.73 bits per heavy atom. The second-order valence-corrected chi connectivity index (χ2v) is 7.80. The molecule has 1 saturated heterocycles. The molecule has 0 radical (unpaired) electrons. The molecule has 2 aromatic carbocycles. The van der Waals surface area contributed by atoms with Crippen LogP contribution in [0.1, 0.15) is 22.0 Å². The quantitative estimate of drug-likeness (QED) is 0.580. The molecule has 1 atom stereocenters. The summed E-state index contributed by atoms with van der Waals surface area (Å²) < 4.78 is 15.6. The van der Waals surface area contributed by atoms with Crippen molar-refractivity contribution in [1.29, 1.82) is 0 Å². The fourth-order valence-corrected chi connectivity index (χ4v) is 3.95. The van der Waals surface area contributed by atoms with Crippen LogP contribution < -0.4 is 15.2 Å². The molecule has 0 saturated carbocycles. The van der Waals surface area contributed by atoms with Gasteiger partial charge in [0.1, 0.15) is 6.04 Å². The Bertz CT molecular complexity index is 1020. The standard InChI is InChI=1S/C23H26ClN3O6/c1-31-19-13-15(7-8-18(19)33-14-20(25)28)22(29)27-11-9-26(10-12-27)21(23(30)32-2)16-5-3-4-6-17(16)24/h3-8,13,21H,9-12,14H2,1-2H3,(H2,25,28). The summed E-state index contributed by atoms with van der Waals surface area (Å²) in [6.45, 7) is 1.47. The van der Waals surface area contributed by atoms with E-state index in [-0.39, 0.29) is 12.5 Å². The Kier molecular flexibility index (Phi) is 8.13. The van der Waals surface area contributed by atoms with Crippen molar-refractivity contribution in [3.05, 3.63) is 58.6 Å². The minimum absolute atomic E-state index is 0.179. The highest BCUT2D eigenvalue weighted by Crippen LogP contribution is 2.31. The lowest BCUT2D eigenvalue weighted by molar-refractivity contribution is -0.148. The van der Waals surface area contributed by atoms with Crippen molar-refractivity contribution in [2.75, 3.05) is 47.0 Å². The molecule has 0 aliphatic carbocycles. The predicted molar refractivity (Wildman–Crippen MR) is 121 cm³/mol. The van der Waals surface area contributed by atoms with Gasteiger partial charge in [-0.05, 0) is 29.8 Å². The van der Waals surface area contributed by atoms with E-state index in [9.17, 15) is 14.4 Å². The van der Waals surface area contributed by atoms with Crippen molar-refractivity contribution in [1.82, 2.24) is 9.80 Å². The third-order valence-corrected chi connectivity index (χ3v) is 5.72. The van der Waals surface area contributed by atoms with Gasteiger partial charge in [-0.2, -0.15) is 0 Å². The number of methoxy groups -OCH3 is 2. The maximum absolute atomic E-state index is 13.1. The Balaban J connectivity index is 1.71. The number of halogens is 1. The van der Waals surface area contributed by atoms with E-state index in [0.29, 0.717) is 53.8 Å². The lowest BCUT2D eigenvalue weighted by Crippen LogP contribution is -2.51. The van der Waals surface area contributed by atoms with Gasteiger partial charge in [0.15, 0.2) is 18.1 Å². The molecule has 2 amide bonds. The molecule has 0 bridgehead atoms. The summed E-state index contributed by atoms with van der Waals surface area (Å²) in [6.07, 6.45) is 0. The normalized spacial score (nSPS) is 14.9. The second kappa shape index (κ2) is 11.0. The first-order chi connectivity index (χ1) is 15.8. The van der Waals surface area contributed by atoms with Gasteiger partial charge >= 0.3 is 5.97 Å². The van der Waals surface area contributed by atoms with E-state index in [2.05, 4.69) is 0 Å². The molecule has 1 unspecified atom stereocenters. The molecular weight excluding hydrogens is 450 g/mol. The van der Waals surface area contributed by atoms with Gasteiger partial charge in [-0.1, -0.05) is 29.8 Å². The molecule has 1 fully saturated rings. The Hall–Kier alpha value is -3.30. The minimum atomic E-state index is -0.650. The van der Waals surface area contributed by atoms with Crippen molar-refractivity contribution >= 4 is 29.4 Å². The molecular formula is C23H26ClN3O6. The van der Waals surface area contributed by atoms with Crippen LogP contribution in [0.3, 0.4) is 0 Å². The van der Waals surface area contributed by atoms with Crippen LogP contribution in [0.15, 0.2) is 42.5 Å². The Morgan fingerprint density at radius 3 is 2.33 bits per heavy atom. The number of hydrogen-bond acceptors (Lipinski definition) is 7. The summed E-state index contributed by atoms with van der Waals surface area (Å²) in [5, 5.41) is 0.483. The summed E-state index contributed by atoms with van der Waals surface area (Å²) in [5.41, 5.74) is 6.19. The molecule has 1 aliphatic heterocycles. The van der Waals surface area contributed by atoms with E-state index in [0.717, 1.165) is 0 Å². The molecule has 3 rings (SSSR count). The van der Waals surface area contributed by atoms with Crippen LogP contribution in [0.4, 0.5) is 0 Å². The number of ether oxygens (including phenoxy) is 3. The van der Waals surface area contributed by atoms with E-state index in [1.165, 1.54) is 14.2 Å². The monoisotopic (exact) mass is 475 g/mol. The molecule has 1 aliphatic rings. The van der Waals surface area contributed by atoms with E-state index in [4.69, 9.17) is 31.5 Å². The highest BCUT2D eigenvalue weighted by molar-refractivity contribution is 6.31. The topological polar surface area (TPSA) is 111 Å². The van der Waals surface area contributed by atoms with Crippen molar-refractivity contribution in [3.63, 3.8) is 0 Å². The van der Waals surface area contributed by atoms with Crippen LogP contribution in [0, 0.1) is 0 Å². The smallest absolute Gasteiger partial charge is 0.327 e. The van der Waals surface area contributed by atoms with Crippen LogP contribution in [0.25, 0.3) is 0 Å². The maximum atomic E-state index is 13.1. The van der Waals surface area contributed by atoms with E-state index in [1.807, 2.05) is 11.0 Å². The van der Waals surface area contributed by atoms with Gasteiger partial charge in [0.2, 0.25) is 0 Å². The molecule has 2 N–H and O–H groups in total. The zero-order valence-electron chi connectivity index (χ0n) is 18.5. The Morgan fingerprint density at radius 1 is 1.03 bits per heavy atom. The van der Waals surface area contributed by atoms with Gasteiger partial charge in [0.05, 0.1) is 14.2 Å². The molecule has 0 spiro atoms. The Labute approximate surface area is 196 Å². The van der Waals surface area contributed by atoms with Crippen molar-refractivity contribution in [2.24, 2.45) is 5.73 Å². The van der Waals surface area contributed by atoms with Crippen LogP contribution in [-0.2, 0) is 14.3 Å². The number of esters is 1. The number of nitrogens with zero attached hydrogens (tertiary/aromatic N) is 2. The van der Waals surface area contributed by atoms with Crippen LogP contribution in [0.5, 0.6) is 11.5 Å². The van der Waals surface area contributed by atoms with Gasteiger partial charge in [-0.15, -0.1) is 0 Å². The van der Waals surface area contributed by atoms with E-state index < -0.39 is 17.9 Å². The van der Waals surface area contributed by atoms with Crippen LogP contribution in [-0.4, -0.2) is 74.6 Å². The average molecular weight is 476 g/mol. The number of nitrogens with two attached hydrogens (primary N) is 1. The molecule has 9 nitrogen and oxygen atoms in total. The minimum Gasteiger partial charge on any atom is -0.493 e. The van der Waals surface area contributed by atoms with Crippen LogP contribution >= 0.6 is 11.6 Å². The largest absolute Gasteiger partial charge is 0.493 e. The summed E-state index contributed by atoms with van der Waals surface area (Å²) in [6, 6.07) is 11.2. The van der Waals surface area contributed by atoms with Gasteiger partial charge < -0.3 is 24.8 Å². The first-order valence-electron chi connectivity index (χ1n) is 10.3. The predicted octanol–water partition coefficient (Wildman–Crippen LogP) is 1.88. The number of rotatable bonds is 8. The first-order valence-corrected chi connectivity index (χ1v) is 10.7. The fourth-order valence-electron chi connectivity index (χ4n) is 3.72. The summed E-state index contributed by atoms with van der Waals surface area (Å²) >= 11 is 6.33. The van der Waals surface area contributed by atoms with Crippen LogP contribution in [0.2, 0.25) is 5.02 Å². The molecule has 10 heteroatoms. The second-order valence-electron chi connectivity index (χ2n) is 7.40. The van der Waals surface area contributed by atoms with E-state index in [1.54, 1.807) is 41.3 Å². The first kappa shape index (κ1) is 24.3. The third-order valence-electron chi connectivity index (χ3n) is 5.37. The van der Waals surface area contributed by atoms with Gasteiger partial charge in [0, 0.05) is 36.8 Å². The number of carbonyl (C=O) groups excluding carboxylic acids is 3. The lowest BCUT2D eigenvalue weighted by atomic mass is 10.0. The van der Waals surface area contributed by atoms with Gasteiger partial charge in [0.25, 0.3) is 11.8 Å². The number of piperazine rings is 1. The SMILES string of the molecule is COC(=O)C(c1ccccc1Cl)N1CCN(C(=O)c2ccc(OCC(N)=O)c(OC)c2)CC1. The van der Waals surface area contributed by atoms with E-state index >= 15 is 0 Å². The summed E-state index contributed by atoms with van der Waals surface area (Å²) in [4.78, 5) is 40.2. The maximum Gasteiger partial charge on any atom is 0.327 e. The average Bonchev–Trinajstić information content (AvgIpc) is 2.83. The van der Waals surface area contributed by atoms with Crippen molar-refractivity contribution in [3.8, 4) is 11.5 Å². The van der Waals surface area contributed by atoms with Crippen molar-refractivity contribution < 1.29 is 28.6 Å². The summed E-state index contributed by atoms with van der Waals surface area (Å²) in [5.74, 6) is -0.554. The highest BCUT2D eigenvalue weighted by Gasteiger charge is 2.33. The number of hydrogen-bond donors (Lipinski definition) is 1. The molecule has 0 aromatic heterocycles. The fraction of sp³-hybridized carbons (Fsp3) is 0.348. The third kappa shape index (κ3) is 5.74. The molecule has 2 aromatic rings. The lowest BCUT2D eigenvalue weighted by Gasteiger charge is -2.38. The van der Waals surface area contributed by atoms with Gasteiger partial charge in [-0.25, -0.2) is 4.79 Å². The molecule has 1 heterocycles.